The second-order valence-electron chi connectivity index (χ2n) is 7.49. The third kappa shape index (κ3) is 2.84. The summed E-state index contributed by atoms with van der Waals surface area (Å²) in [6.45, 7) is 4.63. The average molecular weight is 355 g/mol. The number of alkyl halides is 1. The van der Waals surface area contributed by atoms with Gasteiger partial charge in [0.1, 0.15) is 6.67 Å². The average Bonchev–Trinajstić information content (AvgIpc) is 3.06. The number of amides is 1. The third-order valence-electron chi connectivity index (χ3n) is 5.83. The Kier molecular flexibility index (Phi) is 4.57. The fourth-order valence-corrected chi connectivity index (χ4v) is 4.30. The Balaban J connectivity index is 1.75. The highest BCUT2D eigenvalue weighted by Crippen LogP contribution is 2.41. The quantitative estimate of drug-likeness (QED) is 0.865. The number of benzene rings is 1. The fourth-order valence-electron chi connectivity index (χ4n) is 4.30. The Morgan fingerprint density at radius 1 is 1.46 bits per heavy atom. The van der Waals surface area contributed by atoms with Crippen LogP contribution in [0, 0.1) is 5.92 Å². The van der Waals surface area contributed by atoms with E-state index in [1.54, 1.807) is 0 Å². The zero-order chi connectivity index (χ0) is 18.3. The van der Waals surface area contributed by atoms with Crippen molar-refractivity contribution >= 4 is 22.4 Å². The molecule has 2 N–H and O–H groups in total. The molecule has 5 heteroatoms. The lowest BCUT2D eigenvalue weighted by molar-refractivity contribution is -0.125. The fraction of sp³-hybridized carbons (Fsp3) is 0.476. The maximum atomic E-state index is 13.2. The molecule has 0 bridgehead atoms. The molecule has 1 amide bonds. The van der Waals surface area contributed by atoms with Crippen molar-refractivity contribution in [1.29, 1.82) is 0 Å². The van der Waals surface area contributed by atoms with E-state index in [4.69, 9.17) is 0 Å². The monoisotopic (exact) mass is 355 g/mol. The largest absolute Gasteiger partial charge is 0.361 e. The first-order chi connectivity index (χ1) is 12.6. The lowest BCUT2D eigenvalue weighted by atomic mass is 9.79. The van der Waals surface area contributed by atoms with Crippen LogP contribution >= 0.6 is 0 Å². The maximum Gasteiger partial charge on any atom is 0.228 e. The van der Waals surface area contributed by atoms with E-state index in [1.807, 2.05) is 13.0 Å². The van der Waals surface area contributed by atoms with Crippen LogP contribution in [0.4, 0.5) is 4.39 Å². The van der Waals surface area contributed by atoms with Crippen molar-refractivity contribution in [3.8, 4) is 0 Å². The van der Waals surface area contributed by atoms with Gasteiger partial charge < -0.3 is 10.3 Å². The summed E-state index contributed by atoms with van der Waals surface area (Å²) < 4.78 is 13.2. The van der Waals surface area contributed by atoms with E-state index in [9.17, 15) is 9.18 Å². The molecule has 26 heavy (non-hydrogen) atoms. The number of nitrogens with one attached hydrogen (secondary N) is 2. The smallest absolute Gasteiger partial charge is 0.228 e. The predicted molar refractivity (Wildman–Crippen MR) is 103 cm³/mol. The van der Waals surface area contributed by atoms with Crippen LogP contribution < -0.4 is 5.32 Å². The van der Waals surface area contributed by atoms with Crippen LogP contribution in [0.3, 0.4) is 0 Å². The van der Waals surface area contributed by atoms with Gasteiger partial charge in [-0.15, -0.1) is 0 Å². The summed E-state index contributed by atoms with van der Waals surface area (Å²) in [6.07, 6.45) is 5.96. The van der Waals surface area contributed by atoms with E-state index in [1.165, 1.54) is 22.1 Å². The van der Waals surface area contributed by atoms with Crippen molar-refractivity contribution in [1.82, 2.24) is 15.2 Å². The molecule has 0 fully saturated rings. The number of fused-ring (bicyclic) bond motifs is 2. The molecule has 1 aliphatic carbocycles. The number of aromatic nitrogens is 1. The minimum absolute atomic E-state index is 0.0428. The first-order valence-corrected chi connectivity index (χ1v) is 9.53. The molecule has 0 saturated carbocycles. The zero-order valence-electron chi connectivity index (χ0n) is 15.4. The highest BCUT2D eigenvalue weighted by molar-refractivity contribution is 5.99. The molecule has 1 aliphatic heterocycles. The molecular formula is C21H26FN3O. The van der Waals surface area contributed by atoms with Crippen LogP contribution in [0.25, 0.3) is 16.5 Å². The van der Waals surface area contributed by atoms with Gasteiger partial charge in [-0.3, -0.25) is 9.69 Å². The molecule has 138 valence electrons. The Hall–Kier alpha value is -2.14. The van der Waals surface area contributed by atoms with Gasteiger partial charge >= 0.3 is 0 Å². The molecule has 2 aliphatic rings. The SMILES string of the molecule is CCC(C)NC(=O)[C@@H]1C=C2c3cccc4[nH]cc(c34)C[C@H]2N(CCF)C1. The van der Waals surface area contributed by atoms with Crippen molar-refractivity contribution in [3.63, 3.8) is 0 Å². The highest BCUT2D eigenvalue weighted by Gasteiger charge is 2.37. The van der Waals surface area contributed by atoms with E-state index in [-0.39, 0.29) is 23.9 Å². The molecule has 0 radical (unpaired) electrons. The Bertz CT molecular complexity index is 856. The Labute approximate surface area is 153 Å². The summed E-state index contributed by atoms with van der Waals surface area (Å²) in [5.41, 5.74) is 4.76. The Morgan fingerprint density at radius 3 is 3.08 bits per heavy atom. The van der Waals surface area contributed by atoms with Gasteiger partial charge in [-0.1, -0.05) is 25.1 Å². The summed E-state index contributed by atoms with van der Waals surface area (Å²) in [4.78, 5) is 18.2. The molecule has 0 spiro atoms. The number of hydrogen-bond acceptors (Lipinski definition) is 2. The van der Waals surface area contributed by atoms with Gasteiger partial charge in [0.2, 0.25) is 5.91 Å². The van der Waals surface area contributed by atoms with Crippen molar-refractivity contribution < 1.29 is 9.18 Å². The van der Waals surface area contributed by atoms with Crippen LogP contribution in [-0.4, -0.2) is 47.6 Å². The number of rotatable bonds is 5. The van der Waals surface area contributed by atoms with Gasteiger partial charge in [0.05, 0.1) is 5.92 Å². The van der Waals surface area contributed by atoms with Crippen LogP contribution in [-0.2, 0) is 11.2 Å². The van der Waals surface area contributed by atoms with E-state index in [2.05, 4.69) is 46.5 Å². The first kappa shape index (κ1) is 17.3. The second-order valence-corrected chi connectivity index (χ2v) is 7.49. The zero-order valence-corrected chi connectivity index (χ0v) is 15.4. The molecule has 4 rings (SSSR count). The molecule has 1 aromatic carbocycles. The minimum Gasteiger partial charge on any atom is -0.361 e. The van der Waals surface area contributed by atoms with Crippen LogP contribution in [0.5, 0.6) is 0 Å². The van der Waals surface area contributed by atoms with Gasteiger partial charge in [0, 0.05) is 42.3 Å². The van der Waals surface area contributed by atoms with Gasteiger partial charge in [-0.2, -0.15) is 0 Å². The second kappa shape index (κ2) is 6.88. The molecule has 2 heterocycles. The normalized spacial score (nSPS) is 23.4. The van der Waals surface area contributed by atoms with Crippen LogP contribution in [0.1, 0.15) is 31.4 Å². The lowest BCUT2D eigenvalue weighted by Gasteiger charge is -2.41. The third-order valence-corrected chi connectivity index (χ3v) is 5.83. The molecular weight excluding hydrogens is 329 g/mol. The van der Waals surface area contributed by atoms with Gasteiger partial charge in [0.15, 0.2) is 0 Å². The van der Waals surface area contributed by atoms with Crippen LogP contribution in [0.15, 0.2) is 30.5 Å². The van der Waals surface area contributed by atoms with E-state index in [0.717, 1.165) is 18.4 Å². The Morgan fingerprint density at radius 2 is 2.31 bits per heavy atom. The molecule has 2 aromatic rings. The predicted octanol–water partition coefficient (Wildman–Crippen LogP) is 3.29. The number of carbonyl (C=O) groups is 1. The van der Waals surface area contributed by atoms with Crippen molar-refractivity contribution in [2.75, 3.05) is 19.8 Å². The summed E-state index contributed by atoms with van der Waals surface area (Å²) in [5.74, 6) is -0.196. The molecule has 1 aromatic heterocycles. The lowest BCUT2D eigenvalue weighted by Crippen LogP contribution is -2.50. The number of aromatic amines is 1. The number of hydrogen-bond donors (Lipinski definition) is 2. The standard InChI is InChI=1S/C21H26FN3O/c1-3-13(2)24-21(26)15-9-17-16-5-4-6-18-20(16)14(11-23-18)10-19(17)25(12-15)8-7-22/h4-6,9,11,13,15,19,23H,3,7-8,10,12H2,1-2H3,(H,24,26)/t13?,15-,19-/m1/s1. The number of H-pyrrole nitrogens is 1. The number of nitrogens with zero attached hydrogens (tertiary/aromatic N) is 1. The molecule has 4 nitrogen and oxygen atoms in total. The number of carbonyl (C=O) groups excluding carboxylic acids is 1. The van der Waals surface area contributed by atoms with Crippen molar-refractivity contribution in [2.45, 2.75) is 38.8 Å². The van der Waals surface area contributed by atoms with Gasteiger partial charge in [-0.25, -0.2) is 4.39 Å². The summed E-state index contributed by atoms with van der Waals surface area (Å²) in [7, 11) is 0. The highest BCUT2D eigenvalue weighted by atomic mass is 19.1. The maximum absolute atomic E-state index is 13.2. The van der Waals surface area contributed by atoms with E-state index < -0.39 is 6.67 Å². The molecule has 0 saturated heterocycles. The first-order valence-electron chi connectivity index (χ1n) is 9.53. The van der Waals surface area contributed by atoms with E-state index >= 15 is 0 Å². The molecule has 3 atom stereocenters. The summed E-state index contributed by atoms with van der Waals surface area (Å²) in [6, 6.07) is 6.55. The minimum atomic E-state index is -0.395. The van der Waals surface area contributed by atoms with Crippen molar-refractivity contribution in [2.24, 2.45) is 5.92 Å². The van der Waals surface area contributed by atoms with Crippen molar-refractivity contribution in [3.05, 3.63) is 41.6 Å². The van der Waals surface area contributed by atoms with Gasteiger partial charge in [-0.05, 0) is 42.5 Å². The van der Waals surface area contributed by atoms with E-state index in [0.29, 0.717) is 13.1 Å². The van der Waals surface area contributed by atoms with Crippen LogP contribution in [0.2, 0.25) is 0 Å². The number of halogens is 1. The molecule has 1 unspecified atom stereocenters. The van der Waals surface area contributed by atoms with Gasteiger partial charge in [0.25, 0.3) is 0 Å². The summed E-state index contributed by atoms with van der Waals surface area (Å²) >= 11 is 0. The topological polar surface area (TPSA) is 48.1 Å². The summed E-state index contributed by atoms with van der Waals surface area (Å²) in [5, 5.41) is 4.33.